The Bertz CT molecular complexity index is 816. The quantitative estimate of drug-likeness (QED) is 0.818. The van der Waals surface area contributed by atoms with Gasteiger partial charge in [0.2, 0.25) is 11.7 Å². The first-order valence-corrected chi connectivity index (χ1v) is 9.78. The Labute approximate surface area is 168 Å². The maximum absolute atomic E-state index is 13.0. The van der Waals surface area contributed by atoms with Crippen molar-refractivity contribution in [3.05, 3.63) is 29.3 Å². The molecule has 2 heterocycles. The molecule has 1 fully saturated rings. The first-order valence-electron chi connectivity index (χ1n) is 9.40. The molecule has 1 aliphatic rings. The number of aromatic nitrogens is 4. The van der Waals surface area contributed by atoms with E-state index in [0.717, 1.165) is 5.56 Å². The van der Waals surface area contributed by atoms with Crippen molar-refractivity contribution in [3.8, 4) is 11.4 Å². The van der Waals surface area contributed by atoms with Crippen LogP contribution in [0.4, 0.5) is 4.79 Å². The molecule has 1 atom stereocenters. The van der Waals surface area contributed by atoms with E-state index in [9.17, 15) is 9.59 Å². The normalized spacial score (nSPS) is 15.4. The Hall–Kier alpha value is -2.68. The van der Waals surface area contributed by atoms with Crippen LogP contribution < -0.4 is 5.32 Å². The van der Waals surface area contributed by atoms with Gasteiger partial charge in [-0.3, -0.25) is 4.79 Å². The van der Waals surface area contributed by atoms with Gasteiger partial charge in [0.1, 0.15) is 0 Å². The first kappa shape index (κ1) is 20.1. The molecule has 1 aromatic carbocycles. The van der Waals surface area contributed by atoms with Crippen molar-refractivity contribution in [2.24, 2.45) is 0 Å². The summed E-state index contributed by atoms with van der Waals surface area (Å²) in [6.45, 7) is 6.38. The zero-order valence-electron chi connectivity index (χ0n) is 16.0. The van der Waals surface area contributed by atoms with E-state index in [1.165, 1.54) is 4.80 Å². The van der Waals surface area contributed by atoms with Gasteiger partial charge in [0.15, 0.2) is 6.04 Å². The van der Waals surface area contributed by atoms with Crippen molar-refractivity contribution in [2.75, 3.05) is 32.7 Å². The van der Waals surface area contributed by atoms with Crippen LogP contribution in [0, 0.1) is 0 Å². The highest BCUT2D eigenvalue weighted by Crippen LogP contribution is 2.20. The van der Waals surface area contributed by atoms with Crippen molar-refractivity contribution >= 4 is 23.5 Å². The third-order valence-electron chi connectivity index (χ3n) is 4.69. The Kier molecular flexibility index (Phi) is 6.45. The predicted octanol–water partition coefficient (Wildman–Crippen LogP) is 1.82. The second kappa shape index (κ2) is 9.01. The summed E-state index contributed by atoms with van der Waals surface area (Å²) in [6, 6.07) is 6.53. The highest BCUT2D eigenvalue weighted by atomic mass is 35.5. The molecule has 9 nitrogen and oxygen atoms in total. The number of nitrogens with one attached hydrogen (secondary N) is 1. The summed E-state index contributed by atoms with van der Waals surface area (Å²) in [7, 11) is 0. The topological polar surface area (TPSA) is 96.2 Å². The molecule has 3 amide bonds. The van der Waals surface area contributed by atoms with E-state index in [4.69, 9.17) is 11.6 Å². The van der Waals surface area contributed by atoms with Crippen molar-refractivity contribution in [2.45, 2.75) is 26.3 Å². The number of amides is 3. The molecule has 1 aliphatic heterocycles. The molecule has 0 bridgehead atoms. The van der Waals surface area contributed by atoms with Crippen LogP contribution >= 0.6 is 11.6 Å². The van der Waals surface area contributed by atoms with Gasteiger partial charge in [-0.2, -0.15) is 4.80 Å². The van der Waals surface area contributed by atoms with Crippen LogP contribution in [0.25, 0.3) is 11.4 Å². The Morgan fingerprint density at radius 1 is 1.11 bits per heavy atom. The first-order chi connectivity index (χ1) is 13.5. The number of benzene rings is 1. The number of urea groups is 1. The fraction of sp³-hybridized carbons (Fsp3) is 0.500. The number of hydrogen-bond donors (Lipinski definition) is 1. The lowest BCUT2D eigenvalue weighted by atomic mass is 10.2. The SMILES string of the molecule is CCNC(=O)N1CCN(C(=O)C(CC)n2nnc(-c3ccc(Cl)cc3)n2)CC1. The molecule has 1 N–H and O–H groups in total. The van der Waals surface area contributed by atoms with Gasteiger partial charge < -0.3 is 15.1 Å². The maximum atomic E-state index is 13.0. The van der Waals surface area contributed by atoms with E-state index in [2.05, 4.69) is 20.7 Å². The lowest BCUT2D eigenvalue weighted by molar-refractivity contribution is -0.137. The largest absolute Gasteiger partial charge is 0.338 e. The summed E-state index contributed by atoms with van der Waals surface area (Å²) >= 11 is 5.91. The predicted molar refractivity (Wildman–Crippen MR) is 105 cm³/mol. The molecular formula is C18H24ClN7O2. The number of rotatable bonds is 5. The molecule has 1 saturated heterocycles. The van der Waals surface area contributed by atoms with Crippen LogP contribution in [-0.2, 0) is 4.79 Å². The minimum Gasteiger partial charge on any atom is -0.338 e. The van der Waals surface area contributed by atoms with E-state index in [0.29, 0.717) is 50.0 Å². The zero-order chi connectivity index (χ0) is 20.1. The third kappa shape index (κ3) is 4.41. The number of piperazine rings is 1. The lowest BCUT2D eigenvalue weighted by Gasteiger charge is -2.35. The van der Waals surface area contributed by atoms with Crippen molar-refractivity contribution < 1.29 is 9.59 Å². The second-order valence-electron chi connectivity index (χ2n) is 6.51. The van der Waals surface area contributed by atoms with Crippen LogP contribution in [0.5, 0.6) is 0 Å². The summed E-state index contributed by atoms with van der Waals surface area (Å²) in [6.07, 6.45) is 0.547. The van der Waals surface area contributed by atoms with Gasteiger partial charge >= 0.3 is 6.03 Å². The van der Waals surface area contributed by atoms with Crippen molar-refractivity contribution in [1.82, 2.24) is 35.3 Å². The summed E-state index contributed by atoms with van der Waals surface area (Å²) < 4.78 is 0. The van der Waals surface area contributed by atoms with Gasteiger partial charge in [-0.25, -0.2) is 4.79 Å². The molecule has 0 spiro atoms. The average molecular weight is 406 g/mol. The van der Waals surface area contributed by atoms with Gasteiger partial charge in [-0.1, -0.05) is 18.5 Å². The number of halogens is 1. The molecule has 0 saturated carbocycles. The lowest BCUT2D eigenvalue weighted by Crippen LogP contribution is -2.54. The van der Waals surface area contributed by atoms with Crippen molar-refractivity contribution in [1.29, 1.82) is 0 Å². The average Bonchev–Trinajstić information content (AvgIpc) is 3.19. The van der Waals surface area contributed by atoms with Crippen LogP contribution in [0.15, 0.2) is 24.3 Å². The Balaban J connectivity index is 1.66. The van der Waals surface area contributed by atoms with E-state index in [1.807, 2.05) is 26.0 Å². The standard InChI is InChI=1S/C18H24ClN7O2/c1-3-15(17(27)24-9-11-25(12-10-24)18(28)20-4-2)26-22-16(21-23-26)13-5-7-14(19)8-6-13/h5-8,15H,3-4,9-12H2,1-2H3,(H,20,28). The molecule has 2 aromatic rings. The smallest absolute Gasteiger partial charge is 0.317 e. The number of tetrazole rings is 1. The fourth-order valence-corrected chi connectivity index (χ4v) is 3.24. The zero-order valence-corrected chi connectivity index (χ0v) is 16.8. The number of nitrogens with zero attached hydrogens (tertiary/aromatic N) is 6. The van der Waals surface area contributed by atoms with E-state index in [-0.39, 0.29) is 11.9 Å². The monoisotopic (exact) mass is 405 g/mol. The molecule has 1 unspecified atom stereocenters. The van der Waals surface area contributed by atoms with Gasteiger partial charge in [0, 0.05) is 43.3 Å². The van der Waals surface area contributed by atoms with Crippen LogP contribution in [0.3, 0.4) is 0 Å². The Morgan fingerprint density at radius 2 is 1.75 bits per heavy atom. The minimum absolute atomic E-state index is 0.0573. The molecular weight excluding hydrogens is 382 g/mol. The highest BCUT2D eigenvalue weighted by Gasteiger charge is 2.30. The number of carbonyl (C=O) groups is 2. The summed E-state index contributed by atoms with van der Waals surface area (Å²) in [5, 5.41) is 16.0. The number of carbonyl (C=O) groups excluding carboxylic acids is 2. The molecule has 0 aliphatic carbocycles. The molecule has 28 heavy (non-hydrogen) atoms. The molecule has 1 aromatic heterocycles. The summed E-state index contributed by atoms with van der Waals surface area (Å²) in [4.78, 5) is 29.8. The van der Waals surface area contributed by atoms with Crippen LogP contribution in [0.1, 0.15) is 26.3 Å². The maximum Gasteiger partial charge on any atom is 0.317 e. The fourth-order valence-electron chi connectivity index (χ4n) is 3.11. The van der Waals surface area contributed by atoms with E-state index in [1.54, 1.807) is 21.9 Å². The second-order valence-corrected chi connectivity index (χ2v) is 6.95. The molecule has 150 valence electrons. The third-order valence-corrected chi connectivity index (χ3v) is 4.94. The van der Waals surface area contributed by atoms with Crippen LogP contribution in [-0.4, -0.2) is 74.7 Å². The highest BCUT2D eigenvalue weighted by molar-refractivity contribution is 6.30. The van der Waals surface area contributed by atoms with Gasteiger partial charge in [0.05, 0.1) is 0 Å². The van der Waals surface area contributed by atoms with Crippen LogP contribution in [0.2, 0.25) is 5.02 Å². The number of hydrogen-bond acceptors (Lipinski definition) is 5. The minimum atomic E-state index is -0.524. The molecule has 10 heteroatoms. The van der Waals surface area contributed by atoms with Crippen molar-refractivity contribution in [3.63, 3.8) is 0 Å². The summed E-state index contributed by atoms with van der Waals surface area (Å²) in [5.74, 6) is 0.391. The Morgan fingerprint density at radius 3 is 2.36 bits per heavy atom. The van der Waals surface area contributed by atoms with Gasteiger partial charge in [-0.05, 0) is 42.8 Å². The van der Waals surface area contributed by atoms with E-state index < -0.39 is 6.04 Å². The van der Waals surface area contributed by atoms with Gasteiger partial charge in [-0.15, -0.1) is 10.2 Å². The van der Waals surface area contributed by atoms with E-state index >= 15 is 0 Å². The summed E-state index contributed by atoms with van der Waals surface area (Å²) in [5.41, 5.74) is 0.786. The van der Waals surface area contributed by atoms with Gasteiger partial charge in [0.25, 0.3) is 0 Å². The molecule has 3 rings (SSSR count). The molecule has 0 radical (unpaired) electrons.